The standard InChI is InChI=1S/C23H18N4O3S/c1-15-9-11-16(12-10-15)31-22-18(23(30)27-13-5-4-8-20(27)25-22)14-24-26-21(29)17-6-2-3-7-19(17)28/h2-14,28H,1H3,(H,26,29)/b24-14+. The molecular formula is C23H18N4O3S. The van der Waals surface area contributed by atoms with Crippen molar-refractivity contribution in [2.24, 2.45) is 5.10 Å². The number of para-hydroxylation sites is 1. The summed E-state index contributed by atoms with van der Waals surface area (Å²) in [5.41, 5.74) is 4.01. The number of amides is 1. The third kappa shape index (κ3) is 4.49. The number of phenols is 1. The summed E-state index contributed by atoms with van der Waals surface area (Å²) in [7, 11) is 0. The predicted molar refractivity (Wildman–Crippen MR) is 120 cm³/mol. The predicted octanol–water partition coefficient (Wildman–Crippen LogP) is 3.62. The van der Waals surface area contributed by atoms with Gasteiger partial charge in [0.1, 0.15) is 16.4 Å². The number of aryl methyl sites for hydroxylation is 1. The van der Waals surface area contributed by atoms with E-state index >= 15 is 0 Å². The molecule has 154 valence electrons. The Bertz CT molecular complexity index is 1350. The normalized spacial score (nSPS) is 11.1. The second kappa shape index (κ2) is 8.85. The summed E-state index contributed by atoms with van der Waals surface area (Å²) in [6, 6.07) is 19.3. The van der Waals surface area contributed by atoms with Gasteiger partial charge in [-0.15, -0.1) is 0 Å². The fourth-order valence-electron chi connectivity index (χ4n) is 2.87. The zero-order valence-electron chi connectivity index (χ0n) is 16.5. The van der Waals surface area contributed by atoms with E-state index in [1.807, 2.05) is 37.3 Å². The van der Waals surface area contributed by atoms with Crippen molar-refractivity contribution in [1.82, 2.24) is 14.8 Å². The molecule has 1 amide bonds. The molecule has 2 aromatic heterocycles. The van der Waals surface area contributed by atoms with Crippen molar-refractivity contribution in [1.29, 1.82) is 0 Å². The summed E-state index contributed by atoms with van der Waals surface area (Å²) >= 11 is 1.34. The highest BCUT2D eigenvalue weighted by molar-refractivity contribution is 7.99. The summed E-state index contributed by atoms with van der Waals surface area (Å²) in [6.45, 7) is 2.00. The van der Waals surface area contributed by atoms with Crippen LogP contribution in [0.5, 0.6) is 5.75 Å². The molecule has 0 aliphatic heterocycles. The van der Waals surface area contributed by atoms with Crippen molar-refractivity contribution < 1.29 is 9.90 Å². The molecule has 31 heavy (non-hydrogen) atoms. The fourth-order valence-corrected chi connectivity index (χ4v) is 3.75. The number of nitrogens with one attached hydrogen (secondary N) is 1. The number of hydrogen-bond donors (Lipinski definition) is 2. The minimum absolute atomic E-state index is 0.0854. The smallest absolute Gasteiger partial charge is 0.275 e. The summed E-state index contributed by atoms with van der Waals surface area (Å²) in [4.78, 5) is 30.9. The summed E-state index contributed by atoms with van der Waals surface area (Å²) < 4.78 is 1.42. The van der Waals surface area contributed by atoms with E-state index in [1.165, 1.54) is 34.5 Å². The Morgan fingerprint density at radius 2 is 1.84 bits per heavy atom. The molecule has 0 aliphatic carbocycles. The van der Waals surface area contributed by atoms with Gasteiger partial charge in [-0.2, -0.15) is 5.10 Å². The maximum Gasteiger partial charge on any atom is 0.275 e. The number of carbonyl (C=O) groups excluding carboxylic acids is 1. The molecule has 4 aromatic rings. The highest BCUT2D eigenvalue weighted by Gasteiger charge is 2.14. The van der Waals surface area contributed by atoms with E-state index < -0.39 is 5.91 Å². The van der Waals surface area contributed by atoms with Crippen LogP contribution in [0.2, 0.25) is 0 Å². The molecule has 2 N–H and O–H groups in total. The van der Waals surface area contributed by atoms with Crippen molar-refractivity contribution in [2.45, 2.75) is 16.8 Å². The third-order valence-corrected chi connectivity index (χ3v) is 5.49. The largest absolute Gasteiger partial charge is 0.507 e. The van der Waals surface area contributed by atoms with Crippen molar-refractivity contribution in [3.8, 4) is 5.75 Å². The van der Waals surface area contributed by atoms with E-state index in [-0.39, 0.29) is 22.4 Å². The molecule has 0 fully saturated rings. The molecular weight excluding hydrogens is 412 g/mol. The van der Waals surface area contributed by atoms with Gasteiger partial charge in [0.2, 0.25) is 0 Å². The number of hydrogen-bond acceptors (Lipinski definition) is 6. The molecule has 0 radical (unpaired) electrons. The van der Waals surface area contributed by atoms with E-state index in [0.29, 0.717) is 10.7 Å². The number of aromatic nitrogens is 2. The minimum atomic E-state index is -0.587. The first-order valence-corrected chi connectivity index (χ1v) is 10.2. The SMILES string of the molecule is Cc1ccc(Sc2nc3ccccn3c(=O)c2/C=N/NC(=O)c2ccccc2O)cc1. The maximum atomic E-state index is 13.1. The van der Waals surface area contributed by atoms with Crippen LogP contribution in [-0.4, -0.2) is 26.6 Å². The van der Waals surface area contributed by atoms with Crippen LogP contribution in [0.3, 0.4) is 0 Å². The van der Waals surface area contributed by atoms with E-state index in [4.69, 9.17) is 0 Å². The number of benzene rings is 2. The highest BCUT2D eigenvalue weighted by atomic mass is 32.2. The topological polar surface area (TPSA) is 96.1 Å². The number of pyridine rings is 1. The fraction of sp³-hybridized carbons (Fsp3) is 0.0435. The number of fused-ring (bicyclic) bond motifs is 1. The first kappa shape index (κ1) is 20.4. The van der Waals surface area contributed by atoms with Gasteiger partial charge < -0.3 is 5.11 Å². The molecule has 7 nitrogen and oxygen atoms in total. The van der Waals surface area contributed by atoms with Crippen molar-refractivity contribution in [2.75, 3.05) is 0 Å². The number of nitrogens with zero attached hydrogens (tertiary/aromatic N) is 3. The van der Waals surface area contributed by atoms with Crippen LogP contribution in [0, 0.1) is 6.92 Å². The Morgan fingerprint density at radius 3 is 2.61 bits per heavy atom. The quantitative estimate of drug-likeness (QED) is 0.286. The van der Waals surface area contributed by atoms with E-state index in [9.17, 15) is 14.7 Å². The number of rotatable bonds is 5. The molecule has 0 unspecified atom stereocenters. The molecule has 2 heterocycles. The monoisotopic (exact) mass is 430 g/mol. The first-order chi connectivity index (χ1) is 15.0. The van der Waals surface area contributed by atoms with Crippen LogP contribution in [0.4, 0.5) is 0 Å². The Hall–Kier alpha value is -3.91. The van der Waals surface area contributed by atoms with E-state index in [1.54, 1.807) is 30.5 Å². The van der Waals surface area contributed by atoms with Crippen molar-refractivity contribution in [3.05, 3.63) is 100.0 Å². The molecule has 0 saturated carbocycles. The summed E-state index contributed by atoms with van der Waals surface area (Å²) in [5, 5.41) is 14.2. The number of phenolic OH excluding ortho intramolecular Hbond substituents is 1. The van der Waals surface area contributed by atoms with Gasteiger partial charge in [0.25, 0.3) is 11.5 Å². The van der Waals surface area contributed by atoms with Crippen LogP contribution >= 0.6 is 11.8 Å². The van der Waals surface area contributed by atoms with Gasteiger partial charge in [0, 0.05) is 11.1 Å². The van der Waals surface area contributed by atoms with Gasteiger partial charge in [0.15, 0.2) is 0 Å². The average Bonchev–Trinajstić information content (AvgIpc) is 2.77. The molecule has 0 bridgehead atoms. The Morgan fingerprint density at radius 1 is 1.10 bits per heavy atom. The van der Waals surface area contributed by atoms with Crippen LogP contribution in [0.1, 0.15) is 21.5 Å². The number of carbonyl (C=O) groups is 1. The summed E-state index contributed by atoms with van der Waals surface area (Å²) in [6.07, 6.45) is 2.91. The molecule has 0 saturated heterocycles. The third-order valence-electron chi connectivity index (χ3n) is 4.48. The zero-order valence-corrected chi connectivity index (χ0v) is 17.3. The average molecular weight is 430 g/mol. The minimum Gasteiger partial charge on any atom is -0.507 e. The second-order valence-electron chi connectivity index (χ2n) is 6.70. The zero-order chi connectivity index (χ0) is 21.8. The first-order valence-electron chi connectivity index (χ1n) is 9.40. The van der Waals surface area contributed by atoms with Gasteiger partial charge in [-0.25, -0.2) is 10.4 Å². The Kier molecular flexibility index (Phi) is 5.81. The van der Waals surface area contributed by atoms with Crippen LogP contribution in [0.15, 0.2) is 92.7 Å². The van der Waals surface area contributed by atoms with Crippen LogP contribution in [0.25, 0.3) is 5.65 Å². The van der Waals surface area contributed by atoms with Gasteiger partial charge in [-0.3, -0.25) is 14.0 Å². The Labute approximate surface area is 182 Å². The highest BCUT2D eigenvalue weighted by Crippen LogP contribution is 2.27. The van der Waals surface area contributed by atoms with Gasteiger partial charge >= 0.3 is 0 Å². The van der Waals surface area contributed by atoms with Gasteiger partial charge in [0.05, 0.1) is 17.3 Å². The van der Waals surface area contributed by atoms with Crippen LogP contribution in [-0.2, 0) is 0 Å². The summed E-state index contributed by atoms with van der Waals surface area (Å²) in [5.74, 6) is -0.741. The number of aromatic hydroxyl groups is 1. The number of hydrazone groups is 1. The Balaban J connectivity index is 1.69. The maximum absolute atomic E-state index is 13.1. The lowest BCUT2D eigenvalue weighted by Crippen LogP contribution is -2.23. The lowest BCUT2D eigenvalue weighted by Gasteiger charge is -2.08. The van der Waals surface area contributed by atoms with Crippen LogP contribution < -0.4 is 11.0 Å². The van der Waals surface area contributed by atoms with Gasteiger partial charge in [-0.1, -0.05) is 47.7 Å². The lowest BCUT2D eigenvalue weighted by atomic mass is 10.2. The van der Waals surface area contributed by atoms with E-state index in [0.717, 1.165) is 10.5 Å². The molecule has 0 atom stereocenters. The molecule has 0 aliphatic rings. The molecule has 8 heteroatoms. The molecule has 2 aromatic carbocycles. The lowest BCUT2D eigenvalue weighted by molar-refractivity contribution is 0.0952. The van der Waals surface area contributed by atoms with Gasteiger partial charge in [-0.05, 0) is 43.3 Å². The van der Waals surface area contributed by atoms with E-state index in [2.05, 4.69) is 15.5 Å². The van der Waals surface area contributed by atoms with Crippen molar-refractivity contribution >= 4 is 29.5 Å². The molecule has 0 spiro atoms. The second-order valence-corrected chi connectivity index (χ2v) is 7.76. The van der Waals surface area contributed by atoms with Crippen molar-refractivity contribution in [3.63, 3.8) is 0 Å². The molecule has 4 rings (SSSR count).